The molecule has 0 unspecified atom stereocenters. The normalized spacial score (nSPS) is 5.40. The summed E-state index contributed by atoms with van der Waals surface area (Å²) in [6, 6.07) is 0. The zero-order valence-corrected chi connectivity index (χ0v) is 11.2. The molecule has 0 fully saturated rings. The first-order valence-electron chi connectivity index (χ1n) is 0.567. The van der Waals surface area contributed by atoms with Gasteiger partial charge in [-0.3, -0.25) is 0 Å². The van der Waals surface area contributed by atoms with Crippen molar-refractivity contribution in [1.29, 1.82) is 0 Å². The molecule has 0 aromatic carbocycles. The molecular formula is HCeCl3K. The SMILES string of the molecule is [Cl][Ce]([Cl])[Cl].[H-].[K+]. The fourth-order valence-electron chi connectivity index (χ4n) is 0. The van der Waals surface area contributed by atoms with Crippen molar-refractivity contribution < 1.29 is 83.5 Å². The Kier molecular flexibility index (Phi) is 18.4. The molecule has 27 valence electrons. The summed E-state index contributed by atoms with van der Waals surface area (Å²) in [6.07, 6.45) is 0. The Labute approximate surface area is 96.7 Å². The van der Waals surface area contributed by atoms with Crippen LogP contribution < -0.4 is 51.4 Å². The Hall–Kier alpha value is 3.88. The van der Waals surface area contributed by atoms with Gasteiger partial charge in [0.1, 0.15) is 0 Å². The van der Waals surface area contributed by atoms with E-state index in [1.807, 2.05) is 0 Å². The van der Waals surface area contributed by atoms with Gasteiger partial charge >= 0.3 is 98.9 Å². The van der Waals surface area contributed by atoms with Crippen LogP contribution in [-0.4, -0.2) is 0 Å². The molecule has 0 bridgehead atoms. The maximum Gasteiger partial charge on any atom is 1.00 e. The number of hydrogen-bond acceptors (Lipinski definition) is 0. The fourth-order valence-corrected chi connectivity index (χ4v) is 0. The van der Waals surface area contributed by atoms with Gasteiger partial charge in [0.25, 0.3) is 0 Å². The van der Waals surface area contributed by atoms with Crippen LogP contribution in [0.15, 0.2) is 0 Å². The van der Waals surface area contributed by atoms with Gasteiger partial charge in [0.15, 0.2) is 0 Å². The van der Waals surface area contributed by atoms with Gasteiger partial charge in [-0.25, -0.2) is 0 Å². The van der Waals surface area contributed by atoms with Crippen LogP contribution in [0.25, 0.3) is 0 Å². The molecule has 0 heterocycles. The number of hydrogen-bond donors (Lipinski definition) is 0. The van der Waals surface area contributed by atoms with E-state index in [4.69, 9.17) is 16.9 Å². The minimum absolute atomic E-state index is 0. The van der Waals surface area contributed by atoms with Crippen LogP contribution in [0.2, 0.25) is 0 Å². The van der Waals surface area contributed by atoms with E-state index < -0.39 is 30.7 Å². The van der Waals surface area contributed by atoms with Crippen LogP contribution in [0, 0.1) is 30.7 Å². The van der Waals surface area contributed by atoms with Crippen molar-refractivity contribution in [2.45, 2.75) is 0 Å². The third kappa shape index (κ3) is 18.1. The third-order valence-corrected chi connectivity index (χ3v) is 0. The number of halogens is 3. The average molecular weight is 287 g/mol. The van der Waals surface area contributed by atoms with Crippen LogP contribution >= 0.6 is 16.9 Å². The van der Waals surface area contributed by atoms with Gasteiger partial charge in [0, 0.05) is 0 Å². The Morgan fingerprint density at radius 2 is 1.20 bits per heavy atom. The molecule has 5 heteroatoms. The molecule has 0 radical (unpaired) electrons. The maximum atomic E-state index is 5.02. The van der Waals surface area contributed by atoms with Gasteiger partial charge in [-0.15, -0.1) is 0 Å². The van der Waals surface area contributed by atoms with E-state index in [0.29, 0.717) is 0 Å². The summed E-state index contributed by atoms with van der Waals surface area (Å²) in [5.74, 6) is 0. The van der Waals surface area contributed by atoms with E-state index >= 15 is 0 Å². The second-order valence-electron chi connectivity index (χ2n) is 0.214. The zero-order chi connectivity index (χ0) is 3.58. The minimum atomic E-state index is -2.24. The predicted molar refractivity (Wildman–Crippen MR) is 18.7 cm³/mol. The Morgan fingerprint density at radius 1 is 1.20 bits per heavy atom. The first-order valence-corrected chi connectivity index (χ1v) is 12.4. The van der Waals surface area contributed by atoms with Gasteiger partial charge in [-0.2, -0.15) is 0 Å². The molecule has 0 rings (SSSR count). The van der Waals surface area contributed by atoms with Crippen LogP contribution in [0.4, 0.5) is 0 Å². The maximum absolute atomic E-state index is 5.02. The summed E-state index contributed by atoms with van der Waals surface area (Å²) < 4.78 is 0. The molecular weight excluding hydrogens is 286 g/mol. The van der Waals surface area contributed by atoms with Crippen molar-refractivity contribution in [3.8, 4) is 0 Å². The second-order valence-corrected chi connectivity index (χ2v) is 14.0. The summed E-state index contributed by atoms with van der Waals surface area (Å²) >= 11 is -2.24. The minimum Gasteiger partial charge on any atom is -1.00 e. The molecule has 0 aliphatic carbocycles. The Balaban J connectivity index is -0.0000000450. The van der Waals surface area contributed by atoms with Crippen molar-refractivity contribution in [1.82, 2.24) is 0 Å². The molecule has 0 aromatic heterocycles. The van der Waals surface area contributed by atoms with Gasteiger partial charge in [-0.1, -0.05) is 0 Å². The summed E-state index contributed by atoms with van der Waals surface area (Å²) in [5, 5.41) is 0. The average Bonchev–Trinajstić information content (AvgIpc) is 0.811. The van der Waals surface area contributed by atoms with Crippen LogP contribution in [-0.2, 0) is 0 Å². The summed E-state index contributed by atoms with van der Waals surface area (Å²) in [4.78, 5) is 0. The Morgan fingerprint density at radius 3 is 1.20 bits per heavy atom. The second kappa shape index (κ2) is 7.88. The van der Waals surface area contributed by atoms with Crippen LogP contribution in [0.3, 0.4) is 0 Å². The van der Waals surface area contributed by atoms with E-state index in [9.17, 15) is 0 Å². The van der Waals surface area contributed by atoms with E-state index in [0.717, 1.165) is 0 Å². The summed E-state index contributed by atoms with van der Waals surface area (Å²) in [5.41, 5.74) is 15.1. The van der Waals surface area contributed by atoms with Crippen LogP contribution in [0.5, 0.6) is 0 Å². The molecule has 0 nitrogen and oxygen atoms in total. The molecule has 0 aromatic rings. The summed E-state index contributed by atoms with van der Waals surface area (Å²) in [7, 11) is 0. The first kappa shape index (κ1) is 11.7. The van der Waals surface area contributed by atoms with Gasteiger partial charge in [-0.05, 0) is 0 Å². The van der Waals surface area contributed by atoms with E-state index in [2.05, 4.69) is 0 Å². The van der Waals surface area contributed by atoms with Crippen LogP contribution in [0.1, 0.15) is 1.43 Å². The van der Waals surface area contributed by atoms with E-state index in [1.165, 1.54) is 0 Å². The predicted octanol–water partition coefficient (Wildman–Crippen LogP) is -0.815. The van der Waals surface area contributed by atoms with Gasteiger partial charge < -0.3 is 1.43 Å². The van der Waals surface area contributed by atoms with Gasteiger partial charge in [0.05, 0.1) is 0 Å². The molecule has 0 atom stereocenters. The summed E-state index contributed by atoms with van der Waals surface area (Å²) in [6.45, 7) is 0. The fraction of sp³-hybridized carbons (Fsp3) is 0. The number of rotatable bonds is 0. The molecule has 0 aliphatic rings. The van der Waals surface area contributed by atoms with E-state index in [1.54, 1.807) is 0 Å². The quantitative estimate of drug-likeness (QED) is 0.511. The first-order chi connectivity index (χ1) is 1.73. The third-order valence-electron chi connectivity index (χ3n) is 0. The largest absolute Gasteiger partial charge is 1.00 e. The smallest absolute Gasteiger partial charge is 1.00 e. The molecule has 0 saturated carbocycles. The molecule has 0 N–H and O–H groups in total. The van der Waals surface area contributed by atoms with Crippen molar-refractivity contribution in [2.75, 3.05) is 0 Å². The Bertz CT molecular complexity index is 15.5. The van der Waals surface area contributed by atoms with Crippen molar-refractivity contribution in [3.63, 3.8) is 0 Å². The molecule has 0 saturated heterocycles. The molecule has 5 heavy (non-hydrogen) atoms. The van der Waals surface area contributed by atoms with Crippen molar-refractivity contribution in [3.05, 3.63) is 0 Å². The standard InChI is InChI=1S/Ce.3ClH.K.H/h;3*1H;;/q+3;;;;+1;-1/p-3. The van der Waals surface area contributed by atoms with Gasteiger partial charge in [0.2, 0.25) is 0 Å². The topological polar surface area (TPSA) is 0 Å². The molecule has 0 amide bonds. The zero-order valence-electron chi connectivity index (χ0n) is 3.63. The monoisotopic (exact) mass is 285 g/mol. The van der Waals surface area contributed by atoms with Crippen molar-refractivity contribution >= 4 is 16.9 Å². The molecule has 0 aliphatic heterocycles. The van der Waals surface area contributed by atoms with E-state index in [-0.39, 0.29) is 52.8 Å². The van der Waals surface area contributed by atoms with Crippen molar-refractivity contribution in [2.24, 2.45) is 0 Å². The molecule has 0 spiro atoms.